The smallest absolute Gasteiger partial charge is 0.258 e. The van der Waals surface area contributed by atoms with E-state index in [-0.39, 0.29) is 5.56 Å². The summed E-state index contributed by atoms with van der Waals surface area (Å²) in [6.07, 6.45) is 11.4. The summed E-state index contributed by atoms with van der Waals surface area (Å²) in [5.74, 6) is 2.24. The normalized spacial score (nSPS) is 15.2. The van der Waals surface area contributed by atoms with Gasteiger partial charge in [0.05, 0.1) is 25.0 Å². The zero-order chi connectivity index (χ0) is 22.6. The Morgan fingerprint density at radius 2 is 2.03 bits per heavy atom. The second kappa shape index (κ2) is 9.54. The fourth-order valence-corrected chi connectivity index (χ4v) is 4.59. The Morgan fingerprint density at radius 1 is 1.15 bits per heavy atom. The van der Waals surface area contributed by atoms with Gasteiger partial charge in [0.15, 0.2) is 5.82 Å². The molecule has 0 unspecified atom stereocenters. The number of ether oxygens (including phenoxy) is 1. The lowest BCUT2D eigenvalue weighted by Gasteiger charge is -2.32. The molecule has 1 saturated heterocycles. The average Bonchev–Trinajstić information content (AvgIpc) is 3.33. The highest BCUT2D eigenvalue weighted by molar-refractivity contribution is 5.83. The number of aromatic amines is 1. The molecule has 1 aliphatic rings. The van der Waals surface area contributed by atoms with Crippen LogP contribution in [-0.2, 0) is 12.8 Å². The monoisotopic (exact) mass is 444 g/mol. The molecule has 0 bridgehead atoms. The molecule has 0 aliphatic carbocycles. The first-order valence-corrected chi connectivity index (χ1v) is 11.4. The van der Waals surface area contributed by atoms with Crippen LogP contribution in [0.3, 0.4) is 0 Å². The van der Waals surface area contributed by atoms with Crippen LogP contribution in [0.4, 0.5) is 0 Å². The van der Waals surface area contributed by atoms with Crippen molar-refractivity contribution in [2.24, 2.45) is 5.92 Å². The molecule has 3 aromatic heterocycles. The number of nitrogens with zero attached hydrogens (tertiary/aromatic N) is 5. The number of pyridine rings is 1. The Kier molecular flexibility index (Phi) is 6.17. The third kappa shape index (κ3) is 4.80. The summed E-state index contributed by atoms with van der Waals surface area (Å²) in [6, 6.07) is 10.1. The number of fused-ring (bicyclic) bond motifs is 1. The molecule has 1 N–H and O–H groups in total. The molecule has 0 radical (unpaired) electrons. The quantitative estimate of drug-likeness (QED) is 0.471. The van der Waals surface area contributed by atoms with E-state index < -0.39 is 0 Å². The van der Waals surface area contributed by atoms with Gasteiger partial charge in [0.25, 0.3) is 5.56 Å². The zero-order valence-electron chi connectivity index (χ0n) is 18.8. The van der Waals surface area contributed by atoms with E-state index in [0.717, 1.165) is 49.7 Å². The maximum Gasteiger partial charge on any atom is 0.258 e. The minimum Gasteiger partial charge on any atom is -0.497 e. The van der Waals surface area contributed by atoms with Crippen LogP contribution in [0, 0.1) is 5.92 Å². The third-order valence-corrected chi connectivity index (χ3v) is 6.47. The number of benzene rings is 1. The number of hydrogen-bond acceptors (Lipinski definition) is 6. The summed E-state index contributed by atoms with van der Waals surface area (Å²) in [7, 11) is 1.72. The van der Waals surface area contributed by atoms with Gasteiger partial charge in [-0.05, 0) is 74.0 Å². The van der Waals surface area contributed by atoms with Crippen molar-refractivity contribution in [3.63, 3.8) is 0 Å². The molecule has 1 fully saturated rings. The number of piperidine rings is 1. The Balaban J connectivity index is 1.16. The van der Waals surface area contributed by atoms with Crippen molar-refractivity contribution in [1.29, 1.82) is 0 Å². The number of rotatable bonds is 7. The van der Waals surface area contributed by atoms with Crippen LogP contribution >= 0.6 is 0 Å². The zero-order valence-corrected chi connectivity index (χ0v) is 18.8. The van der Waals surface area contributed by atoms with E-state index in [1.807, 2.05) is 18.5 Å². The van der Waals surface area contributed by atoms with E-state index in [4.69, 9.17) is 4.74 Å². The lowest BCUT2D eigenvalue weighted by molar-refractivity contribution is 0.186. The van der Waals surface area contributed by atoms with Gasteiger partial charge in [0.2, 0.25) is 0 Å². The second-order valence-electron chi connectivity index (χ2n) is 8.65. The van der Waals surface area contributed by atoms with Gasteiger partial charge in [-0.25, -0.2) is 14.6 Å². The van der Waals surface area contributed by atoms with Crippen molar-refractivity contribution in [3.8, 4) is 11.6 Å². The molecule has 170 valence electrons. The van der Waals surface area contributed by atoms with E-state index in [1.165, 1.54) is 24.7 Å². The van der Waals surface area contributed by atoms with Crippen molar-refractivity contribution < 1.29 is 4.74 Å². The number of likely N-dealkylation sites (tertiary alicyclic amines) is 1. The first-order valence-electron chi connectivity index (χ1n) is 11.4. The standard InChI is InChI=1S/C25H28N6O2/c1-33-21-4-2-3-19(14-21)13-18-6-10-30(11-7-18)12-8-20-15-29-31(16-20)24-23-22(5-9-26-24)25(32)28-17-27-23/h2-5,9,14-18H,6-8,10-13H2,1H3,(H,27,28,32). The van der Waals surface area contributed by atoms with Gasteiger partial charge < -0.3 is 14.6 Å². The number of H-pyrrole nitrogens is 1. The van der Waals surface area contributed by atoms with Gasteiger partial charge in [0.1, 0.15) is 11.3 Å². The summed E-state index contributed by atoms with van der Waals surface area (Å²) >= 11 is 0. The van der Waals surface area contributed by atoms with E-state index in [9.17, 15) is 4.79 Å². The lowest BCUT2D eigenvalue weighted by Crippen LogP contribution is -2.35. The molecule has 0 saturated carbocycles. The lowest BCUT2D eigenvalue weighted by atomic mass is 9.90. The van der Waals surface area contributed by atoms with E-state index in [1.54, 1.807) is 24.1 Å². The van der Waals surface area contributed by atoms with Crippen molar-refractivity contribution in [3.05, 3.63) is 76.7 Å². The van der Waals surface area contributed by atoms with Crippen molar-refractivity contribution in [2.45, 2.75) is 25.7 Å². The van der Waals surface area contributed by atoms with Crippen LogP contribution in [0.1, 0.15) is 24.0 Å². The number of nitrogens with one attached hydrogen (secondary N) is 1. The van der Waals surface area contributed by atoms with Crippen LogP contribution in [0.15, 0.2) is 60.0 Å². The average molecular weight is 445 g/mol. The Hall–Kier alpha value is -3.52. The maximum atomic E-state index is 12.0. The van der Waals surface area contributed by atoms with Crippen LogP contribution in [0.5, 0.6) is 5.75 Å². The number of aromatic nitrogens is 5. The molecule has 8 nitrogen and oxygen atoms in total. The van der Waals surface area contributed by atoms with E-state index in [0.29, 0.717) is 16.7 Å². The van der Waals surface area contributed by atoms with Gasteiger partial charge >= 0.3 is 0 Å². The van der Waals surface area contributed by atoms with Gasteiger partial charge in [-0.1, -0.05) is 12.1 Å². The first-order chi connectivity index (χ1) is 16.2. The van der Waals surface area contributed by atoms with E-state index >= 15 is 0 Å². The minimum atomic E-state index is -0.175. The van der Waals surface area contributed by atoms with Crippen LogP contribution in [0.25, 0.3) is 16.7 Å². The highest BCUT2D eigenvalue weighted by Crippen LogP contribution is 2.24. The topological polar surface area (TPSA) is 88.9 Å². The molecule has 1 aromatic carbocycles. The molecule has 33 heavy (non-hydrogen) atoms. The maximum absolute atomic E-state index is 12.0. The van der Waals surface area contributed by atoms with Crippen molar-refractivity contribution >= 4 is 10.9 Å². The Labute approximate surface area is 192 Å². The molecule has 8 heteroatoms. The summed E-state index contributed by atoms with van der Waals surface area (Å²) in [5.41, 5.74) is 2.88. The van der Waals surface area contributed by atoms with Gasteiger partial charge in [-0.15, -0.1) is 0 Å². The summed E-state index contributed by atoms with van der Waals surface area (Å²) < 4.78 is 7.07. The second-order valence-corrected chi connectivity index (χ2v) is 8.65. The molecular weight excluding hydrogens is 416 g/mol. The summed E-state index contributed by atoms with van der Waals surface area (Å²) in [4.78, 5) is 25.9. The summed E-state index contributed by atoms with van der Waals surface area (Å²) in [6.45, 7) is 3.26. The molecule has 4 aromatic rings. The molecule has 4 heterocycles. The molecule has 1 aliphatic heterocycles. The van der Waals surface area contributed by atoms with Gasteiger partial charge in [-0.3, -0.25) is 4.79 Å². The van der Waals surface area contributed by atoms with Gasteiger partial charge in [0, 0.05) is 18.9 Å². The van der Waals surface area contributed by atoms with E-state index in [2.05, 4.69) is 43.1 Å². The Bertz CT molecular complexity index is 1290. The molecule has 0 atom stereocenters. The SMILES string of the molecule is COc1cccc(CC2CCN(CCc3cnn(-c4nccc5c(=O)[nH]cnc45)c3)CC2)c1. The molecule has 0 spiro atoms. The van der Waals surface area contributed by atoms with Crippen molar-refractivity contribution in [1.82, 2.24) is 29.6 Å². The van der Waals surface area contributed by atoms with Crippen LogP contribution in [-0.4, -0.2) is 56.4 Å². The molecule has 5 rings (SSSR count). The van der Waals surface area contributed by atoms with Gasteiger partial charge in [-0.2, -0.15) is 5.10 Å². The van der Waals surface area contributed by atoms with Crippen molar-refractivity contribution in [2.75, 3.05) is 26.7 Å². The predicted molar refractivity (Wildman–Crippen MR) is 127 cm³/mol. The fraction of sp³-hybridized carbons (Fsp3) is 0.360. The highest BCUT2D eigenvalue weighted by Gasteiger charge is 2.20. The largest absolute Gasteiger partial charge is 0.497 e. The summed E-state index contributed by atoms with van der Waals surface area (Å²) in [5, 5.41) is 4.99. The Morgan fingerprint density at radius 3 is 2.88 bits per heavy atom. The molecular formula is C25H28N6O2. The fourth-order valence-electron chi connectivity index (χ4n) is 4.59. The van der Waals surface area contributed by atoms with Crippen LogP contribution < -0.4 is 10.3 Å². The van der Waals surface area contributed by atoms with Crippen LogP contribution in [0.2, 0.25) is 0 Å². The number of methoxy groups -OCH3 is 1. The molecule has 0 amide bonds. The highest BCUT2D eigenvalue weighted by atomic mass is 16.5. The number of hydrogen-bond donors (Lipinski definition) is 1. The predicted octanol–water partition coefficient (Wildman–Crippen LogP) is 3.01. The first kappa shape index (κ1) is 21.3. The minimum absolute atomic E-state index is 0.175. The third-order valence-electron chi connectivity index (χ3n) is 6.47.